The zero-order valence-corrected chi connectivity index (χ0v) is 16.8. The normalized spacial score (nSPS) is 15.8. The highest BCUT2D eigenvalue weighted by molar-refractivity contribution is 5.85. The molecule has 2 aromatic heterocycles. The number of piperidine rings is 1. The first-order valence-electron chi connectivity index (χ1n) is 9.83. The van der Waals surface area contributed by atoms with Crippen molar-refractivity contribution in [1.29, 1.82) is 0 Å². The van der Waals surface area contributed by atoms with Crippen LogP contribution in [-0.2, 0) is 6.54 Å². The Balaban J connectivity index is 0.00000205. The molecule has 3 heterocycles. The fraction of sp³-hybridized carbons (Fsp3) is 0.381. The molecule has 6 nitrogen and oxygen atoms in total. The average molecular weight is 416 g/mol. The van der Waals surface area contributed by atoms with E-state index in [1.54, 1.807) is 10.9 Å². The first-order chi connectivity index (χ1) is 13.8. The molecule has 1 aliphatic heterocycles. The standard InChI is InChI=1S/C21H22FN5O.ClH/c22-16-6-7-17-20(14-16)28-25-21(17)15-8-12-26(13-9-15)10-3-11-27-23-18-4-1-2-5-19(18)24-27;/h1-2,4-7,14-15H,3,8-13H2;1H. The quantitative estimate of drug-likeness (QED) is 0.483. The molecule has 1 aliphatic rings. The van der Waals surface area contributed by atoms with Crippen LogP contribution >= 0.6 is 12.4 Å². The molecule has 1 fully saturated rings. The molecular weight excluding hydrogens is 393 g/mol. The van der Waals surface area contributed by atoms with Gasteiger partial charge in [-0.2, -0.15) is 15.0 Å². The summed E-state index contributed by atoms with van der Waals surface area (Å²) in [5, 5.41) is 14.2. The molecule has 0 unspecified atom stereocenters. The molecule has 29 heavy (non-hydrogen) atoms. The van der Waals surface area contributed by atoms with Crippen LogP contribution in [0.25, 0.3) is 22.0 Å². The van der Waals surface area contributed by atoms with Crippen LogP contribution in [0.5, 0.6) is 0 Å². The Bertz CT molecular complexity index is 1070. The van der Waals surface area contributed by atoms with Gasteiger partial charge in [0.05, 0.1) is 12.2 Å². The minimum absolute atomic E-state index is 0. The first kappa shape index (κ1) is 19.8. The lowest BCUT2D eigenvalue weighted by Crippen LogP contribution is -2.34. The van der Waals surface area contributed by atoms with Crippen LogP contribution in [-0.4, -0.2) is 44.7 Å². The lowest BCUT2D eigenvalue weighted by Gasteiger charge is -2.31. The molecule has 0 N–H and O–H groups in total. The fourth-order valence-electron chi connectivity index (χ4n) is 4.10. The lowest BCUT2D eigenvalue weighted by atomic mass is 9.91. The smallest absolute Gasteiger partial charge is 0.170 e. The summed E-state index contributed by atoms with van der Waals surface area (Å²) in [6.07, 6.45) is 3.11. The van der Waals surface area contributed by atoms with Gasteiger partial charge in [0, 0.05) is 17.4 Å². The number of hydrogen-bond acceptors (Lipinski definition) is 5. The second-order valence-electron chi connectivity index (χ2n) is 7.46. The number of nitrogens with zero attached hydrogens (tertiary/aromatic N) is 5. The molecular formula is C21H23ClFN5O. The summed E-state index contributed by atoms with van der Waals surface area (Å²) in [5.41, 5.74) is 3.41. The van der Waals surface area contributed by atoms with E-state index in [-0.39, 0.29) is 18.2 Å². The minimum Gasteiger partial charge on any atom is -0.356 e. The van der Waals surface area contributed by atoms with Crippen LogP contribution in [0.15, 0.2) is 47.0 Å². The highest BCUT2D eigenvalue weighted by Crippen LogP contribution is 2.32. The molecule has 4 aromatic rings. The Kier molecular flexibility index (Phi) is 5.78. The monoisotopic (exact) mass is 415 g/mol. The summed E-state index contributed by atoms with van der Waals surface area (Å²) < 4.78 is 18.7. The molecule has 0 spiro atoms. The van der Waals surface area contributed by atoms with Gasteiger partial charge >= 0.3 is 0 Å². The highest BCUT2D eigenvalue weighted by atomic mass is 35.5. The number of fused-ring (bicyclic) bond motifs is 2. The van der Waals surface area contributed by atoms with Gasteiger partial charge < -0.3 is 9.42 Å². The largest absolute Gasteiger partial charge is 0.356 e. The van der Waals surface area contributed by atoms with Crippen molar-refractivity contribution < 1.29 is 8.91 Å². The third kappa shape index (κ3) is 4.11. The Morgan fingerprint density at radius 1 is 1.00 bits per heavy atom. The third-order valence-corrected chi connectivity index (χ3v) is 5.60. The second kappa shape index (κ2) is 8.47. The summed E-state index contributed by atoms with van der Waals surface area (Å²) in [6, 6.07) is 12.6. The summed E-state index contributed by atoms with van der Waals surface area (Å²) in [5.74, 6) is 0.0885. The number of likely N-dealkylation sites (tertiary alicyclic amines) is 1. The van der Waals surface area contributed by atoms with E-state index in [9.17, 15) is 4.39 Å². The zero-order valence-electron chi connectivity index (χ0n) is 16.0. The van der Waals surface area contributed by atoms with Crippen LogP contribution in [0.3, 0.4) is 0 Å². The maximum atomic E-state index is 13.3. The Labute approximate surface area is 174 Å². The topological polar surface area (TPSA) is 60.0 Å². The van der Waals surface area contributed by atoms with E-state index in [4.69, 9.17) is 4.52 Å². The predicted octanol–water partition coefficient (Wildman–Crippen LogP) is 4.40. The van der Waals surface area contributed by atoms with Gasteiger partial charge in [-0.3, -0.25) is 0 Å². The van der Waals surface area contributed by atoms with Gasteiger partial charge in [-0.1, -0.05) is 17.3 Å². The van der Waals surface area contributed by atoms with Crippen molar-refractivity contribution in [1.82, 2.24) is 25.1 Å². The van der Waals surface area contributed by atoms with Crippen molar-refractivity contribution in [2.75, 3.05) is 19.6 Å². The van der Waals surface area contributed by atoms with E-state index in [2.05, 4.69) is 20.3 Å². The number of rotatable bonds is 5. The molecule has 152 valence electrons. The van der Waals surface area contributed by atoms with Crippen molar-refractivity contribution in [3.63, 3.8) is 0 Å². The molecule has 2 aromatic carbocycles. The lowest BCUT2D eigenvalue weighted by molar-refractivity contribution is 0.202. The molecule has 0 aliphatic carbocycles. The maximum absolute atomic E-state index is 13.3. The van der Waals surface area contributed by atoms with Gasteiger partial charge in [-0.25, -0.2) is 4.39 Å². The number of benzene rings is 2. The van der Waals surface area contributed by atoms with E-state index in [1.807, 2.05) is 24.3 Å². The number of halogens is 2. The SMILES string of the molecule is Cl.Fc1ccc2c(C3CCN(CCCn4nc5ccccc5n4)CC3)noc2c1. The van der Waals surface area contributed by atoms with Crippen molar-refractivity contribution in [3.05, 3.63) is 54.0 Å². The van der Waals surface area contributed by atoms with Gasteiger partial charge in [0.1, 0.15) is 16.9 Å². The van der Waals surface area contributed by atoms with Gasteiger partial charge in [-0.15, -0.1) is 12.4 Å². The van der Waals surface area contributed by atoms with Gasteiger partial charge in [0.2, 0.25) is 0 Å². The first-order valence-corrected chi connectivity index (χ1v) is 9.83. The van der Waals surface area contributed by atoms with E-state index < -0.39 is 0 Å². The summed E-state index contributed by atoms with van der Waals surface area (Å²) in [6.45, 7) is 3.94. The van der Waals surface area contributed by atoms with E-state index in [0.717, 1.165) is 67.6 Å². The van der Waals surface area contributed by atoms with Crippen LogP contribution < -0.4 is 0 Å². The van der Waals surface area contributed by atoms with Gasteiger partial charge in [0.15, 0.2) is 5.58 Å². The molecule has 0 amide bonds. The number of aromatic nitrogens is 4. The van der Waals surface area contributed by atoms with Crippen molar-refractivity contribution >= 4 is 34.4 Å². The fourth-order valence-corrected chi connectivity index (χ4v) is 4.10. The maximum Gasteiger partial charge on any atom is 0.170 e. The molecule has 0 bridgehead atoms. The van der Waals surface area contributed by atoms with Crippen molar-refractivity contribution in [2.45, 2.75) is 31.7 Å². The average Bonchev–Trinajstić information content (AvgIpc) is 3.31. The summed E-state index contributed by atoms with van der Waals surface area (Å²) in [7, 11) is 0. The Morgan fingerprint density at radius 2 is 1.72 bits per heavy atom. The van der Waals surface area contributed by atoms with E-state index in [0.29, 0.717) is 11.5 Å². The van der Waals surface area contributed by atoms with Crippen LogP contribution in [0.1, 0.15) is 30.9 Å². The van der Waals surface area contributed by atoms with Crippen LogP contribution in [0, 0.1) is 5.82 Å². The Morgan fingerprint density at radius 3 is 2.45 bits per heavy atom. The molecule has 0 atom stereocenters. The number of aryl methyl sites for hydroxylation is 1. The molecule has 0 saturated carbocycles. The van der Waals surface area contributed by atoms with Crippen LogP contribution in [0.4, 0.5) is 4.39 Å². The summed E-state index contributed by atoms with van der Waals surface area (Å²) >= 11 is 0. The molecule has 8 heteroatoms. The highest BCUT2D eigenvalue weighted by Gasteiger charge is 2.25. The molecule has 5 rings (SSSR count). The number of hydrogen-bond donors (Lipinski definition) is 0. The predicted molar refractivity (Wildman–Crippen MR) is 112 cm³/mol. The van der Waals surface area contributed by atoms with E-state index in [1.165, 1.54) is 12.1 Å². The molecule has 1 saturated heterocycles. The zero-order chi connectivity index (χ0) is 18.9. The van der Waals surface area contributed by atoms with Gasteiger partial charge in [0.25, 0.3) is 0 Å². The van der Waals surface area contributed by atoms with Crippen molar-refractivity contribution in [2.24, 2.45) is 0 Å². The van der Waals surface area contributed by atoms with Gasteiger partial charge in [-0.05, 0) is 63.2 Å². The third-order valence-electron chi connectivity index (χ3n) is 5.60. The van der Waals surface area contributed by atoms with Crippen molar-refractivity contribution in [3.8, 4) is 0 Å². The summed E-state index contributed by atoms with van der Waals surface area (Å²) in [4.78, 5) is 4.29. The van der Waals surface area contributed by atoms with E-state index >= 15 is 0 Å². The second-order valence-corrected chi connectivity index (χ2v) is 7.46. The minimum atomic E-state index is -0.287. The molecule has 0 radical (unpaired) electrons. The Hall–Kier alpha value is -2.51. The van der Waals surface area contributed by atoms with Crippen LogP contribution in [0.2, 0.25) is 0 Å².